The molecule has 0 spiro atoms. The van der Waals surface area contributed by atoms with Crippen LogP contribution in [0.3, 0.4) is 0 Å². The smallest absolute Gasteiger partial charge is 0.287 e. The van der Waals surface area contributed by atoms with Gasteiger partial charge in [-0.15, -0.1) is 0 Å². The molecule has 1 heterocycles. The van der Waals surface area contributed by atoms with Gasteiger partial charge in [-0.25, -0.2) is 0 Å². The van der Waals surface area contributed by atoms with Crippen LogP contribution in [-0.2, 0) is 4.79 Å². The zero-order valence-electron chi connectivity index (χ0n) is 11.6. The van der Waals surface area contributed by atoms with Crippen molar-refractivity contribution in [2.45, 2.75) is 26.3 Å². The lowest BCUT2D eigenvalue weighted by atomic mass is 10.0. The van der Waals surface area contributed by atoms with Crippen molar-refractivity contribution in [3.63, 3.8) is 0 Å². The standard InChI is InChI=1S/C15H18N2O3/c1-9(2)7-11(14(16)18)17-15(19)13-8-10-5-3-4-6-12(10)20-13/h3-6,8-9,11H,7H2,1-2H3,(H2,16,18)(H,17,19). The fourth-order valence-electron chi connectivity index (χ4n) is 2.04. The maximum absolute atomic E-state index is 12.1. The van der Waals surface area contributed by atoms with E-state index >= 15 is 0 Å². The lowest BCUT2D eigenvalue weighted by Crippen LogP contribution is -2.45. The number of fused-ring (bicyclic) bond motifs is 1. The number of amides is 2. The minimum Gasteiger partial charge on any atom is -0.451 e. The summed E-state index contributed by atoms with van der Waals surface area (Å²) < 4.78 is 5.45. The molecule has 0 saturated heterocycles. The summed E-state index contributed by atoms with van der Waals surface area (Å²) in [6.07, 6.45) is 0.501. The Morgan fingerprint density at radius 1 is 1.30 bits per heavy atom. The zero-order valence-corrected chi connectivity index (χ0v) is 11.6. The van der Waals surface area contributed by atoms with Crippen LogP contribution in [0.25, 0.3) is 11.0 Å². The Hall–Kier alpha value is -2.30. The number of rotatable bonds is 5. The maximum atomic E-state index is 12.1. The van der Waals surface area contributed by atoms with Gasteiger partial charge in [-0.05, 0) is 24.5 Å². The molecule has 5 heteroatoms. The van der Waals surface area contributed by atoms with Crippen molar-refractivity contribution >= 4 is 22.8 Å². The van der Waals surface area contributed by atoms with E-state index in [2.05, 4.69) is 5.32 Å². The van der Waals surface area contributed by atoms with Crippen LogP contribution in [0.2, 0.25) is 0 Å². The van der Waals surface area contributed by atoms with Crippen molar-refractivity contribution in [2.24, 2.45) is 11.7 Å². The van der Waals surface area contributed by atoms with Crippen LogP contribution in [0.15, 0.2) is 34.7 Å². The van der Waals surface area contributed by atoms with Crippen LogP contribution in [-0.4, -0.2) is 17.9 Å². The molecule has 2 rings (SSSR count). The highest BCUT2D eigenvalue weighted by atomic mass is 16.3. The molecule has 1 unspecified atom stereocenters. The molecule has 20 heavy (non-hydrogen) atoms. The number of para-hydroxylation sites is 1. The molecule has 1 atom stereocenters. The SMILES string of the molecule is CC(C)CC(NC(=O)c1cc2ccccc2o1)C(N)=O. The molecule has 0 aliphatic heterocycles. The Morgan fingerprint density at radius 3 is 2.60 bits per heavy atom. The second kappa shape index (κ2) is 5.77. The Bertz CT molecular complexity index is 598. The Kier molecular flexibility index (Phi) is 4.08. The summed E-state index contributed by atoms with van der Waals surface area (Å²) in [5.41, 5.74) is 5.94. The van der Waals surface area contributed by atoms with Crippen LogP contribution in [0.4, 0.5) is 0 Å². The number of nitrogens with one attached hydrogen (secondary N) is 1. The van der Waals surface area contributed by atoms with Gasteiger partial charge in [0.2, 0.25) is 5.91 Å². The van der Waals surface area contributed by atoms with Crippen molar-refractivity contribution in [3.05, 3.63) is 36.1 Å². The normalized spacial score (nSPS) is 12.6. The predicted molar refractivity (Wildman–Crippen MR) is 76.1 cm³/mol. The van der Waals surface area contributed by atoms with Crippen LogP contribution in [0, 0.1) is 5.92 Å². The number of carbonyl (C=O) groups is 2. The van der Waals surface area contributed by atoms with Gasteiger partial charge in [-0.1, -0.05) is 32.0 Å². The second-order valence-electron chi connectivity index (χ2n) is 5.21. The molecular formula is C15H18N2O3. The van der Waals surface area contributed by atoms with Gasteiger partial charge in [0.25, 0.3) is 5.91 Å². The van der Waals surface area contributed by atoms with Crippen LogP contribution >= 0.6 is 0 Å². The summed E-state index contributed by atoms with van der Waals surface area (Å²) in [6, 6.07) is 8.30. The molecule has 2 amide bonds. The molecule has 106 valence electrons. The first kappa shape index (κ1) is 14.1. The summed E-state index contributed by atoms with van der Waals surface area (Å²) in [6.45, 7) is 3.92. The molecule has 1 aromatic heterocycles. The number of nitrogens with two attached hydrogens (primary N) is 1. The average Bonchev–Trinajstić information content (AvgIpc) is 2.81. The van der Waals surface area contributed by atoms with Gasteiger partial charge in [0.05, 0.1) is 0 Å². The molecule has 3 N–H and O–H groups in total. The van der Waals surface area contributed by atoms with Crippen molar-refractivity contribution < 1.29 is 14.0 Å². The van der Waals surface area contributed by atoms with E-state index in [4.69, 9.17) is 10.2 Å². The van der Waals surface area contributed by atoms with Crippen LogP contribution < -0.4 is 11.1 Å². The molecule has 0 fully saturated rings. The topological polar surface area (TPSA) is 85.3 Å². The summed E-state index contributed by atoms with van der Waals surface area (Å²) in [4.78, 5) is 23.4. The van der Waals surface area contributed by atoms with Crippen molar-refractivity contribution in [1.82, 2.24) is 5.32 Å². The molecule has 0 saturated carbocycles. The van der Waals surface area contributed by atoms with Gasteiger partial charge in [0.15, 0.2) is 5.76 Å². The van der Waals surface area contributed by atoms with E-state index in [1.54, 1.807) is 12.1 Å². The number of primary amides is 1. The lowest BCUT2D eigenvalue weighted by Gasteiger charge is -2.16. The van der Waals surface area contributed by atoms with Crippen molar-refractivity contribution in [2.75, 3.05) is 0 Å². The predicted octanol–water partition coefficient (Wildman–Crippen LogP) is 2.06. The Balaban J connectivity index is 2.15. The number of benzene rings is 1. The van der Waals surface area contributed by atoms with E-state index in [0.717, 1.165) is 5.39 Å². The third kappa shape index (κ3) is 3.17. The van der Waals surface area contributed by atoms with Gasteiger partial charge >= 0.3 is 0 Å². The third-order valence-electron chi connectivity index (χ3n) is 3.01. The first-order chi connectivity index (χ1) is 9.47. The van der Waals surface area contributed by atoms with Gasteiger partial charge in [0.1, 0.15) is 11.6 Å². The molecule has 5 nitrogen and oxygen atoms in total. The molecule has 2 aromatic rings. The second-order valence-corrected chi connectivity index (χ2v) is 5.21. The molecule has 0 bridgehead atoms. The minimum absolute atomic E-state index is 0.182. The number of hydrogen-bond acceptors (Lipinski definition) is 3. The van der Waals surface area contributed by atoms with E-state index < -0.39 is 17.9 Å². The molecule has 0 radical (unpaired) electrons. The quantitative estimate of drug-likeness (QED) is 0.875. The first-order valence-electron chi connectivity index (χ1n) is 6.56. The highest BCUT2D eigenvalue weighted by Crippen LogP contribution is 2.19. The number of furan rings is 1. The largest absolute Gasteiger partial charge is 0.451 e. The number of hydrogen-bond donors (Lipinski definition) is 2. The van der Waals surface area contributed by atoms with E-state index in [-0.39, 0.29) is 11.7 Å². The van der Waals surface area contributed by atoms with E-state index in [9.17, 15) is 9.59 Å². The van der Waals surface area contributed by atoms with Gasteiger partial charge in [-0.2, -0.15) is 0 Å². The van der Waals surface area contributed by atoms with E-state index in [0.29, 0.717) is 12.0 Å². The third-order valence-corrected chi connectivity index (χ3v) is 3.01. The molecular weight excluding hydrogens is 256 g/mol. The summed E-state index contributed by atoms with van der Waals surface area (Å²) in [5, 5.41) is 3.46. The van der Waals surface area contributed by atoms with Gasteiger partial charge < -0.3 is 15.5 Å². The van der Waals surface area contributed by atoms with Gasteiger partial charge in [0, 0.05) is 5.39 Å². The minimum atomic E-state index is -0.685. The number of carbonyl (C=O) groups excluding carboxylic acids is 2. The molecule has 0 aliphatic rings. The average molecular weight is 274 g/mol. The summed E-state index contributed by atoms with van der Waals surface area (Å²) in [5.74, 6) is -0.529. The van der Waals surface area contributed by atoms with E-state index in [1.165, 1.54) is 0 Å². The maximum Gasteiger partial charge on any atom is 0.287 e. The molecule has 1 aromatic carbocycles. The lowest BCUT2D eigenvalue weighted by molar-refractivity contribution is -0.120. The Morgan fingerprint density at radius 2 is 2.00 bits per heavy atom. The van der Waals surface area contributed by atoms with Crippen LogP contribution in [0.1, 0.15) is 30.8 Å². The highest BCUT2D eigenvalue weighted by molar-refractivity contribution is 5.98. The Labute approximate surface area is 117 Å². The summed E-state index contributed by atoms with van der Waals surface area (Å²) in [7, 11) is 0. The fraction of sp³-hybridized carbons (Fsp3) is 0.333. The van der Waals surface area contributed by atoms with E-state index in [1.807, 2.05) is 32.0 Å². The first-order valence-corrected chi connectivity index (χ1v) is 6.56. The van der Waals surface area contributed by atoms with Gasteiger partial charge in [-0.3, -0.25) is 9.59 Å². The monoisotopic (exact) mass is 274 g/mol. The fourth-order valence-corrected chi connectivity index (χ4v) is 2.04. The summed E-state index contributed by atoms with van der Waals surface area (Å²) >= 11 is 0. The highest BCUT2D eigenvalue weighted by Gasteiger charge is 2.21. The van der Waals surface area contributed by atoms with Crippen molar-refractivity contribution in [3.8, 4) is 0 Å². The molecule has 0 aliphatic carbocycles. The zero-order chi connectivity index (χ0) is 14.7. The van der Waals surface area contributed by atoms with Crippen molar-refractivity contribution in [1.29, 1.82) is 0 Å². The van der Waals surface area contributed by atoms with Crippen LogP contribution in [0.5, 0.6) is 0 Å².